The number of amides is 2. The Hall–Kier alpha value is -2.85. The molecule has 2 aromatic rings. The summed E-state index contributed by atoms with van der Waals surface area (Å²) in [6.07, 6.45) is 1.25. The van der Waals surface area contributed by atoms with Crippen molar-refractivity contribution in [1.29, 1.82) is 0 Å². The number of hydrogen-bond donors (Lipinski definition) is 1. The van der Waals surface area contributed by atoms with Crippen LogP contribution in [0.15, 0.2) is 42.5 Å². The van der Waals surface area contributed by atoms with Crippen LogP contribution in [0.25, 0.3) is 0 Å². The number of nitrogens with one attached hydrogen (secondary N) is 1. The summed E-state index contributed by atoms with van der Waals surface area (Å²) in [6.45, 7) is 4.74. The van der Waals surface area contributed by atoms with Gasteiger partial charge in [0.2, 0.25) is 21.8 Å². The first kappa shape index (κ1) is 28.4. The summed E-state index contributed by atoms with van der Waals surface area (Å²) >= 11 is 6.09. The highest BCUT2D eigenvalue weighted by molar-refractivity contribution is 7.92. The zero-order chi connectivity index (χ0) is 26.3. The number of halogens is 2. The van der Waals surface area contributed by atoms with Gasteiger partial charge in [-0.25, -0.2) is 12.8 Å². The van der Waals surface area contributed by atoms with Crippen LogP contribution in [0, 0.1) is 5.82 Å². The summed E-state index contributed by atoms with van der Waals surface area (Å²) in [5, 5.41) is 3.06. The fourth-order valence-corrected chi connectivity index (χ4v) is 4.55. The van der Waals surface area contributed by atoms with Crippen molar-refractivity contribution in [3.8, 4) is 5.75 Å². The minimum absolute atomic E-state index is 0.0204. The van der Waals surface area contributed by atoms with E-state index in [2.05, 4.69) is 5.32 Å². The van der Waals surface area contributed by atoms with Gasteiger partial charge in [0.05, 0.1) is 19.1 Å². The summed E-state index contributed by atoms with van der Waals surface area (Å²) in [5.41, 5.74) is 0.680. The normalized spacial score (nSPS) is 12.2. The minimum Gasteiger partial charge on any atom is -0.495 e. The number of carbonyl (C=O) groups is 2. The van der Waals surface area contributed by atoms with E-state index in [1.165, 1.54) is 54.5 Å². The van der Waals surface area contributed by atoms with Gasteiger partial charge in [-0.15, -0.1) is 0 Å². The van der Waals surface area contributed by atoms with Gasteiger partial charge in [-0.3, -0.25) is 13.9 Å². The fraction of sp³-hybridized carbons (Fsp3) is 0.417. The molecular weight excluding hydrogens is 497 g/mol. The third-order valence-electron chi connectivity index (χ3n) is 5.17. The summed E-state index contributed by atoms with van der Waals surface area (Å²) < 4.78 is 45.1. The minimum atomic E-state index is -3.95. The highest BCUT2D eigenvalue weighted by Gasteiger charge is 2.32. The number of sulfonamides is 1. The zero-order valence-electron chi connectivity index (χ0n) is 20.4. The van der Waals surface area contributed by atoms with Gasteiger partial charge in [-0.05, 0) is 56.2 Å². The number of carbonyl (C=O) groups excluding carboxylic acids is 2. The molecule has 0 aliphatic heterocycles. The molecule has 35 heavy (non-hydrogen) atoms. The molecule has 11 heteroatoms. The first-order valence-corrected chi connectivity index (χ1v) is 13.3. The molecule has 2 rings (SSSR count). The average molecular weight is 528 g/mol. The lowest BCUT2D eigenvalue weighted by Crippen LogP contribution is -2.53. The average Bonchev–Trinajstić information content (AvgIpc) is 2.77. The highest BCUT2D eigenvalue weighted by Crippen LogP contribution is 2.33. The highest BCUT2D eigenvalue weighted by atomic mass is 35.5. The zero-order valence-corrected chi connectivity index (χ0v) is 22.0. The molecule has 0 aromatic heterocycles. The molecule has 0 bridgehead atoms. The Morgan fingerprint density at radius 2 is 1.77 bits per heavy atom. The van der Waals surface area contributed by atoms with E-state index < -0.39 is 34.3 Å². The van der Waals surface area contributed by atoms with E-state index >= 15 is 0 Å². The number of hydrogen-bond acceptors (Lipinski definition) is 5. The molecule has 0 saturated carbocycles. The van der Waals surface area contributed by atoms with Crippen molar-refractivity contribution in [3.05, 3.63) is 58.9 Å². The predicted octanol–water partition coefficient (Wildman–Crippen LogP) is 3.59. The molecule has 0 saturated heterocycles. The molecule has 1 N–H and O–H groups in total. The second-order valence-electron chi connectivity index (χ2n) is 8.32. The predicted molar refractivity (Wildman–Crippen MR) is 135 cm³/mol. The van der Waals surface area contributed by atoms with Crippen LogP contribution >= 0.6 is 11.6 Å². The first-order valence-electron chi connectivity index (χ1n) is 11.0. The third kappa shape index (κ3) is 7.83. The van der Waals surface area contributed by atoms with Crippen LogP contribution in [0.2, 0.25) is 5.02 Å². The summed E-state index contributed by atoms with van der Waals surface area (Å²) in [7, 11) is -2.57. The lowest BCUT2D eigenvalue weighted by atomic mass is 10.1. The molecule has 1 atom stereocenters. The number of benzene rings is 2. The van der Waals surface area contributed by atoms with Crippen LogP contribution in [-0.4, -0.2) is 57.1 Å². The van der Waals surface area contributed by atoms with E-state index in [4.69, 9.17) is 16.3 Å². The van der Waals surface area contributed by atoms with Crippen molar-refractivity contribution in [3.63, 3.8) is 0 Å². The molecule has 0 unspecified atom stereocenters. The lowest BCUT2D eigenvalue weighted by Gasteiger charge is -2.33. The van der Waals surface area contributed by atoms with E-state index in [-0.39, 0.29) is 41.4 Å². The number of nitrogens with zero attached hydrogens (tertiary/aromatic N) is 2. The van der Waals surface area contributed by atoms with Gasteiger partial charge in [0.1, 0.15) is 24.2 Å². The molecule has 0 fully saturated rings. The van der Waals surface area contributed by atoms with Gasteiger partial charge in [0.25, 0.3) is 0 Å². The van der Waals surface area contributed by atoms with Gasteiger partial charge >= 0.3 is 0 Å². The molecule has 8 nitrogen and oxygen atoms in total. The van der Waals surface area contributed by atoms with Gasteiger partial charge < -0.3 is 15.0 Å². The number of methoxy groups -OCH3 is 1. The van der Waals surface area contributed by atoms with Crippen molar-refractivity contribution in [2.75, 3.05) is 24.2 Å². The van der Waals surface area contributed by atoms with E-state index in [1.807, 2.05) is 0 Å². The Bertz CT molecular complexity index is 1140. The Kier molecular flexibility index (Phi) is 9.91. The van der Waals surface area contributed by atoms with E-state index in [0.29, 0.717) is 5.56 Å². The molecule has 0 aliphatic rings. The van der Waals surface area contributed by atoms with Crippen LogP contribution in [0.4, 0.5) is 10.1 Å². The van der Waals surface area contributed by atoms with Crippen LogP contribution in [0.5, 0.6) is 5.75 Å². The van der Waals surface area contributed by atoms with Gasteiger partial charge in [0, 0.05) is 17.6 Å². The van der Waals surface area contributed by atoms with Crippen LogP contribution < -0.4 is 14.4 Å². The maximum atomic E-state index is 13.6. The number of anilines is 1. The maximum absolute atomic E-state index is 13.6. The first-order chi connectivity index (χ1) is 16.4. The smallest absolute Gasteiger partial charge is 0.244 e. The van der Waals surface area contributed by atoms with Crippen LogP contribution in [0.3, 0.4) is 0 Å². The summed E-state index contributed by atoms with van der Waals surface area (Å²) in [4.78, 5) is 27.9. The maximum Gasteiger partial charge on any atom is 0.244 e. The Labute approximate surface area is 211 Å². The molecule has 192 valence electrons. The summed E-state index contributed by atoms with van der Waals surface area (Å²) in [5.74, 6) is -1.22. The molecule has 0 heterocycles. The lowest BCUT2D eigenvalue weighted by molar-refractivity contribution is -0.140. The summed E-state index contributed by atoms with van der Waals surface area (Å²) in [6, 6.07) is 8.92. The second-order valence-corrected chi connectivity index (χ2v) is 10.7. The quantitative estimate of drug-likeness (QED) is 0.482. The Morgan fingerprint density at radius 1 is 1.14 bits per heavy atom. The van der Waals surface area contributed by atoms with E-state index in [9.17, 15) is 22.4 Å². The van der Waals surface area contributed by atoms with Crippen molar-refractivity contribution in [1.82, 2.24) is 10.2 Å². The Balaban J connectivity index is 2.50. The monoisotopic (exact) mass is 527 g/mol. The molecule has 0 aliphatic carbocycles. The van der Waals surface area contributed by atoms with Gasteiger partial charge in [-0.2, -0.15) is 0 Å². The van der Waals surface area contributed by atoms with Crippen LogP contribution in [0.1, 0.15) is 32.8 Å². The second kappa shape index (κ2) is 12.2. The Morgan fingerprint density at radius 3 is 2.29 bits per heavy atom. The van der Waals surface area contributed by atoms with Crippen molar-refractivity contribution >= 4 is 39.1 Å². The molecule has 2 aromatic carbocycles. The largest absolute Gasteiger partial charge is 0.495 e. The van der Waals surface area contributed by atoms with Crippen molar-refractivity contribution in [2.24, 2.45) is 0 Å². The van der Waals surface area contributed by atoms with Gasteiger partial charge in [-0.1, -0.05) is 30.7 Å². The van der Waals surface area contributed by atoms with E-state index in [0.717, 1.165) is 10.6 Å². The van der Waals surface area contributed by atoms with E-state index in [1.54, 1.807) is 20.8 Å². The number of rotatable bonds is 11. The SMILES string of the molecule is CC[C@@H](C(=O)NC(C)C)N(Cc1ccc(F)cc1)C(=O)CN(c1cc(Cl)ccc1OC)S(C)(=O)=O. The molecule has 0 radical (unpaired) electrons. The van der Waals surface area contributed by atoms with Crippen molar-refractivity contribution in [2.45, 2.75) is 45.8 Å². The standard InChI is InChI=1S/C24H31ClFN3O5S/c1-6-20(24(31)27-16(2)3)28(14-17-7-10-19(26)11-8-17)23(30)15-29(35(5,32)33)21-13-18(25)9-12-22(21)34-4/h7-13,16,20H,6,14-15H2,1-5H3,(H,27,31)/t20-/m0/s1. The third-order valence-corrected chi connectivity index (χ3v) is 6.53. The van der Waals surface area contributed by atoms with Gasteiger partial charge in [0.15, 0.2) is 0 Å². The molecule has 0 spiro atoms. The number of ether oxygens (including phenoxy) is 1. The topological polar surface area (TPSA) is 96.0 Å². The fourth-order valence-electron chi connectivity index (χ4n) is 3.54. The molecule has 2 amide bonds. The van der Waals surface area contributed by atoms with Crippen molar-refractivity contribution < 1.29 is 27.1 Å². The van der Waals surface area contributed by atoms with Crippen LogP contribution in [-0.2, 0) is 26.2 Å². The molecular formula is C24H31ClFN3O5S.